The van der Waals surface area contributed by atoms with Gasteiger partial charge in [0.05, 0.1) is 16.4 Å². The minimum Gasteiger partial charge on any atom is -0.479 e. The van der Waals surface area contributed by atoms with Gasteiger partial charge in [-0.25, -0.2) is 9.78 Å². The zero-order valence-corrected chi connectivity index (χ0v) is 19.9. The van der Waals surface area contributed by atoms with Crippen molar-refractivity contribution < 1.29 is 19.1 Å². The van der Waals surface area contributed by atoms with E-state index in [1.165, 1.54) is 0 Å². The maximum absolute atomic E-state index is 13.2. The van der Waals surface area contributed by atoms with Crippen LogP contribution in [0.5, 0.6) is 5.75 Å². The fourth-order valence-corrected chi connectivity index (χ4v) is 4.80. The molecule has 0 fully saturated rings. The van der Waals surface area contributed by atoms with E-state index in [0.717, 1.165) is 34.7 Å². The smallest absolute Gasteiger partial charge is 0.329 e. The SMILES string of the molecule is CCCc1nc(-c2ccc3c(c2)N(C(CC)C(=O)OCc2ccccc2)C(=O)C(C)O3)cs1. The average Bonchev–Trinajstić information content (AvgIpc) is 3.30. The van der Waals surface area contributed by atoms with Gasteiger partial charge in [0.25, 0.3) is 5.91 Å². The molecule has 1 aliphatic heterocycles. The Hall–Kier alpha value is -3.19. The van der Waals surface area contributed by atoms with Gasteiger partial charge in [-0.3, -0.25) is 9.69 Å². The largest absolute Gasteiger partial charge is 0.479 e. The van der Waals surface area contributed by atoms with Crippen LogP contribution in [0.1, 0.15) is 44.2 Å². The molecule has 2 heterocycles. The molecule has 0 N–H and O–H groups in total. The Balaban J connectivity index is 1.63. The molecule has 0 saturated carbocycles. The number of ether oxygens (including phenoxy) is 2. The molecule has 3 aromatic rings. The van der Waals surface area contributed by atoms with Crippen LogP contribution < -0.4 is 9.64 Å². The van der Waals surface area contributed by atoms with Crippen LogP contribution in [-0.4, -0.2) is 29.0 Å². The Kier molecular flexibility index (Phi) is 7.08. The molecule has 1 aliphatic rings. The maximum atomic E-state index is 13.2. The predicted octanol–water partition coefficient (Wildman–Crippen LogP) is 5.40. The summed E-state index contributed by atoms with van der Waals surface area (Å²) in [4.78, 5) is 32.5. The Morgan fingerprint density at radius 1 is 1.21 bits per heavy atom. The second kappa shape index (κ2) is 10.2. The number of carbonyl (C=O) groups is 2. The molecule has 0 aliphatic carbocycles. The molecule has 33 heavy (non-hydrogen) atoms. The van der Waals surface area contributed by atoms with Crippen LogP contribution in [0.25, 0.3) is 11.3 Å². The molecule has 4 rings (SSSR count). The van der Waals surface area contributed by atoms with Crippen molar-refractivity contribution in [3.63, 3.8) is 0 Å². The van der Waals surface area contributed by atoms with E-state index in [2.05, 4.69) is 6.92 Å². The Morgan fingerprint density at radius 3 is 2.73 bits per heavy atom. The van der Waals surface area contributed by atoms with Gasteiger partial charge in [-0.15, -0.1) is 11.3 Å². The van der Waals surface area contributed by atoms with Crippen molar-refractivity contribution in [2.75, 3.05) is 4.90 Å². The summed E-state index contributed by atoms with van der Waals surface area (Å²) in [6.45, 7) is 5.87. The number of fused-ring (bicyclic) bond motifs is 1. The molecule has 0 bridgehead atoms. The third-order valence-corrected chi connectivity index (χ3v) is 6.52. The molecule has 0 saturated heterocycles. The van der Waals surface area contributed by atoms with Crippen LogP contribution in [0.4, 0.5) is 5.69 Å². The zero-order valence-electron chi connectivity index (χ0n) is 19.1. The first-order valence-corrected chi connectivity index (χ1v) is 12.2. The molecule has 7 heteroatoms. The maximum Gasteiger partial charge on any atom is 0.329 e. The van der Waals surface area contributed by atoms with Crippen LogP contribution in [0.3, 0.4) is 0 Å². The summed E-state index contributed by atoms with van der Waals surface area (Å²) in [7, 11) is 0. The van der Waals surface area contributed by atoms with Crippen molar-refractivity contribution >= 4 is 28.9 Å². The number of aryl methyl sites for hydroxylation is 1. The predicted molar refractivity (Wildman–Crippen MR) is 129 cm³/mol. The highest BCUT2D eigenvalue weighted by Crippen LogP contribution is 2.39. The quantitative estimate of drug-likeness (QED) is 0.418. The highest BCUT2D eigenvalue weighted by atomic mass is 32.1. The molecular weight excluding hydrogens is 436 g/mol. The van der Waals surface area contributed by atoms with Crippen molar-refractivity contribution in [3.05, 3.63) is 64.5 Å². The summed E-state index contributed by atoms with van der Waals surface area (Å²) in [5.74, 6) is -0.115. The van der Waals surface area contributed by atoms with Gasteiger partial charge in [0.1, 0.15) is 18.4 Å². The summed E-state index contributed by atoms with van der Waals surface area (Å²) >= 11 is 1.63. The topological polar surface area (TPSA) is 68.7 Å². The van der Waals surface area contributed by atoms with Gasteiger partial charge >= 0.3 is 5.97 Å². The molecule has 1 amide bonds. The van der Waals surface area contributed by atoms with E-state index < -0.39 is 18.1 Å². The number of anilines is 1. The molecule has 0 spiro atoms. The Bertz CT molecular complexity index is 1130. The summed E-state index contributed by atoms with van der Waals surface area (Å²) in [5, 5.41) is 3.11. The second-order valence-electron chi connectivity index (χ2n) is 8.04. The highest BCUT2D eigenvalue weighted by molar-refractivity contribution is 7.09. The van der Waals surface area contributed by atoms with Crippen LogP contribution in [0.15, 0.2) is 53.9 Å². The van der Waals surface area contributed by atoms with Crippen LogP contribution >= 0.6 is 11.3 Å². The zero-order chi connectivity index (χ0) is 23.4. The number of esters is 1. The van der Waals surface area contributed by atoms with E-state index in [9.17, 15) is 9.59 Å². The lowest BCUT2D eigenvalue weighted by Gasteiger charge is -2.37. The first kappa shape index (κ1) is 23.0. The van der Waals surface area contributed by atoms with E-state index in [1.807, 2.05) is 60.8 Å². The standard InChI is InChI=1S/C26H28N2O4S/c1-4-9-24-27-20(16-33-24)19-12-13-23-22(14-19)28(25(29)17(3)32-23)21(5-2)26(30)31-15-18-10-7-6-8-11-18/h6-8,10-14,16-17,21H,4-5,9,15H2,1-3H3. The van der Waals surface area contributed by atoms with Crippen molar-refractivity contribution in [2.24, 2.45) is 0 Å². The van der Waals surface area contributed by atoms with Gasteiger partial charge in [-0.2, -0.15) is 0 Å². The van der Waals surface area contributed by atoms with E-state index in [-0.39, 0.29) is 12.5 Å². The molecular formula is C26H28N2O4S. The first-order chi connectivity index (χ1) is 16.0. The molecule has 2 unspecified atom stereocenters. The number of rotatable bonds is 8. The number of hydrogen-bond donors (Lipinski definition) is 0. The summed E-state index contributed by atoms with van der Waals surface area (Å²) < 4.78 is 11.4. The Morgan fingerprint density at radius 2 is 2.00 bits per heavy atom. The van der Waals surface area contributed by atoms with Crippen LogP contribution in [0.2, 0.25) is 0 Å². The fourth-order valence-electron chi connectivity index (χ4n) is 3.89. The van der Waals surface area contributed by atoms with Crippen molar-refractivity contribution in [1.29, 1.82) is 0 Å². The third-order valence-electron chi connectivity index (χ3n) is 5.61. The lowest BCUT2D eigenvalue weighted by molar-refractivity contribution is -0.148. The summed E-state index contributed by atoms with van der Waals surface area (Å²) in [5.41, 5.74) is 3.22. The second-order valence-corrected chi connectivity index (χ2v) is 8.99. The monoisotopic (exact) mass is 464 g/mol. The van der Waals surface area contributed by atoms with Crippen LogP contribution in [-0.2, 0) is 27.4 Å². The molecule has 2 atom stereocenters. The minimum atomic E-state index is -0.743. The van der Waals surface area contributed by atoms with Crippen molar-refractivity contribution in [2.45, 2.75) is 58.8 Å². The molecule has 0 radical (unpaired) electrons. The van der Waals surface area contributed by atoms with Gasteiger partial charge < -0.3 is 9.47 Å². The average molecular weight is 465 g/mol. The summed E-state index contributed by atoms with van der Waals surface area (Å²) in [6.07, 6.45) is 1.71. The number of aromatic nitrogens is 1. The molecule has 2 aromatic carbocycles. The van der Waals surface area contributed by atoms with Gasteiger partial charge in [0, 0.05) is 10.9 Å². The van der Waals surface area contributed by atoms with E-state index in [0.29, 0.717) is 17.9 Å². The number of amides is 1. The Labute approximate surface area is 198 Å². The minimum absolute atomic E-state index is 0.163. The fraction of sp³-hybridized carbons (Fsp3) is 0.346. The van der Waals surface area contributed by atoms with Gasteiger partial charge in [0.15, 0.2) is 6.10 Å². The summed E-state index contributed by atoms with van der Waals surface area (Å²) in [6, 6.07) is 14.4. The van der Waals surface area contributed by atoms with Crippen LogP contribution in [0, 0.1) is 0 Å². The van der Waals surface area contributed by atoms with Gasteiger partial charge in [-0.05, 0) is 49.9 Å². The number of nitrogens with zero attached hydrogens (tertiary/aromatic N) is 2. The molecule has 6 nitrogen and oxygen atoms in total. The third kappa shape index (κ3) is 4.93. The van der Waals surface area contributed by atoms with E-state index in [4.69, 9.17) is 14.5 Å². The lowest BCUT2D eigenvalue weighted by Crippen LogP contribution is -2.52. The normalized spacial score (nSPS) is 16.2. The number of hydrogen-bond acceptors (Lipinski definition) is 6. The molecule has 1 aromatic heterocycles. The van der Waals surface area contributed by atoms with E-state index in [1.54, 1.807) is 23.2 Å². The lowest BCUT2D eigenvalue weighted by atomic mass is 10.0. The van der Waals surface area contributed by atoms with Crippen molar-refractivity contribution in [3.8, 4) is 17.0 Å². The number of thiazole rings is 1. The van der Waals surface area contributed by atoms with Gasteiger partial charge in [-0.1, -0.05) is 44.2 Å². The molecule has 172 valence electrons. The number of benzene rings is 2. The van der Waals surface area contributed by atoms with E-state index >= 15 is 0 Å². The highest BCUT2D eigenvalue weighted by Gasteiger charge is 2.39. The van der Waals surface area contributed by atoms with Crippen molar-refractivity contribution in [1.82, 2.24) is 4.98 Å². The van der Waals surface area contributed by atoms with Gasteiger partial charge in [0.2, 0.25) is 0 Å². The number of carbonyl (C=O) groups excluding carboxylic acids is 2. The first-order valence-electron chi connectivity index (χ1n) is 11.3.